The van der Waals surface area contributed by atoms with Gasteiger partial charge in [-0.1, -0.05) is 12.2 Å². The van der Waals surface area contributed by atoms with E-state index in [-0.39, 0.29) is 11.9 Å². The van der Waals surface area contributed by atoms with E-state index in [1.54, 1.807) is 0 Å². The van der Waals surface area contributed by atoms with Crippen LogP contribution in [0.1, 0.15) is 12.5 Å². The van der Waals surface area contributed by atoms with Crippen molar-refractivity contribution in [3.05, 3.63) is 29.6 Å². The summed E-state index contributed by atoms with van der Waals surface area (Å²) in [5.74, 6) is -0.237. The van der Waals surface area contributed by atoms with Gasteiger partial charge in [-0.15, -0.1) is 12.6 Å². The van der Waals surface area contributed by atoms with E-state index in [9.17, 15) is 4.39 Å². The summed E-state index contributed by atoms with van der Waals surface area (Å²) in [4.78, 5) is 0.650. The summed E-state index contributed by atoms with van der Waals surface area (Å²) in [5, 5.41) is 3.06. The summed E-state index contributed by atoms with van der Waals surface area (Å²) in [7, 11) is 0. The van der Waals surface area contributed by atoms with Crippen molar-refractivity contribution >= 4 is 24.4 Å². The number of hydrogen-bond donors (Lipinski definition) is 2. The van der Waals surface area contributed by atoms with Crippen LogP contribution in [0.3, 0.4) is 0 Å². The van der Waals surface area contributed by atoms with Gasteiger partial charge in [0.25, 0.3) is 0 Å². The summed E-state index contributed by atoms with van der Waals surface area (Å²) in [6.45, 7) is 1.98. The van der Waals surface area contributed by atoms with Gasteiger partial charge in [-0.2, -0.15) is 0 Å². The molecule has 2 rings (SSSR count). The quantitative estimate of drug-likeness (QED) is 0.606. The lowest BCUT2D eigenvalue weighted by Gasteiger charge is -2.19. The van der Waals surface area contributed by atoms with Crippen molar-refractivity contribution < 1.29 is 4.39 Å². The minimum absolute atomic E-state index is 0.188. The Morgan fingerprint density at radius 3 is 3.00 bits per heavy atom. The molecule has 0 radical (unpaired) electrons. The average molecular weight is 195 g/mol. The molecule has 1 nitrogen and oxygen atoms in total. The van der Waals surface area contributed by atoms with Gasteiger partial charge < -0.3 is 5.32 Å². The molecule has 1 aromatic carbocycles. The fourth-order valence-corrected chi connectivity index (χ4v) is 1.67. The van der Waals surface area contributed by atoms with Crippen molar-refractivity contribution in [2.45, 2.75) is 17.9 Å². The molecule has 1 atom stereocenters. The van der Waals surface area contributed by atoms with Gasteiger partial charge in [0.2, 0.25) is 0 Å². The molecule has 1 aromatic rings. The lowest BCUT2D eigenvalue weighted by molar-refractivity contribution is 0.624. The monoisotopic (exact) mass is 195 g/mol. The number of thiol groups is 1. The number of hydrogen-bond acceptors (Lipinski definition) is 2. The third-order valence-corrected chi connectivity index (χ3v) is 2.30. The molecule has 0 saturated carbocycles. The zero-order valence-corrected chi connectivity index (χ0v) is 8.11. The van der Waals surface area contributed by atoms with Gasteiger partial charge in [0.1, 0.15) is 5.82 Å². The zero-order valence-electron chi connectivity index (χ0n) is 7.21. The second-order valence-corrected chi connectivity index (χ2v) is 3.70. The summed E-state index contributed by atoms with van der Waals surface area (Å²) in [6, 6.07) is 3.45. The fourth-order valence-electron chi connectivity index (χ4n) is 1.42. The van der Waals surface area contributed by atoms with E-state index in [2.05, 4.69) is 17.9 Å². The Labute approximate surface area is 82.1 Å². The Hall–Kier alpha value is -0.960. The van der Waals surface area contributed by atoms with Gasteiger partial charge in [0, 0.05) is 16.5 Å². The largest absolute Gasteiger partial charge is 0.376 e. The van der Waals surface area contributed by atoms with Gasteiger partial charge in [-0.25, -0.2) is 4.39 Å². The predicted molar refractivity (Wildman–Crippen MR) is 55.8 cm³/mol. The highest BCUT2D eigenvalue weighted by molar-refractivity contribution is 7.80. The maximum Gasteiger partial charge on any atom is 0.148 e. The maximum absolute atomic E-state index is 13.4. The van der Waals surface area contributed by atoms with Crippen molar-refractivity contribution in [1.82, 2.24) is 0 Å². The molecule has 1 aliphatic rings. The minimum Gasteiger partial charge on any atom is -0.376 e. The molecule has 1 N–H and O–H groups in total. The second-order valence-electron chi connectivity index (χ2n) is 3.18. The number of halogens is 1. The van der Waals surface area contributed by atoms with Crippen LogP contribution in [0.5, 0.6) is 0 Å². The first-order valence-electron chi connectivity index (χ1n) is 4.14. The first-order valence-corrected chi connectivity index (χ1v) is 4.59. The number of rotatable bonds is 0. The lowest BCUT2D eigenvalue weighted by Crippen LogP contribution is -2.16. The van der Waals surface area contributed by atoms with E-state index in [1.165, 1.54) is 6.07 Å². The molecule has 13 heavy (non-hydrogen) atoms. The molecule has 0 aromatic heterocycles. The lowest BCUT2D eigenvalue weighted by atomic mass is 10.1. The molecule has 3 heteroatoms. The first kappa shape index (κ1) is 8.63. The van der Waals surface area contributed by atoms with Crippen LogP contribution in [0.25, 0.3) is 6.08 Å². The molecule has 68 valence electrons. The van der Waals surface area contributed by atoms with Crippen LogP contribution in [-0.4, -0.2) is 6.04 Å². The van der Waals surface area contributed by atoms with E-state index >= 15 is 0 Å². The molecule has 1 heterocycles. The van der Waals surface area contributed by atoms with Crippen molar-refractivity contribution in [1.29, 1.82) is 0 Å². The minimum atomic E-state index is -0.237. The van der Waals surface area contributed by atoms with Gasteiger partial charge in [0.05, 0.1) is 5.69 Å². The molecule has 0 bridgehead atoms. The summed E-state index contributed by atoms with van der Waals surface area (Å²) in [6.07, 6.45) is 3.91. The van der Waals surface area contributed by atoms with Crippen molar-refractivity contribution in [3.8, 4) is 0 Å². The Morgan fingerprint density at radius 2 is 2.23 bits per heavy atom. The number of fused-ring (bicyclic) bond motifs is 1. The highest BCUT2D eigenvalue weighted by Gasteiger charge is 2.13. The fraction of sp³-hybridized carbons (Fsp3) is 0.200. The van der Waals surface area contributed by atoms with Crippen LogP contribution < -0.4 is 5.32 Å². The summed E-state index contributed by atoms with van der Waals surface area (Å²) < 4.78 is 13.4. The molecule has 1 aliphatic heterocycles. The van der Waals surface area contributed by atoms with Gasteiger partial charge in [-0.05, 0) is 19.1 Å². The van der Waals surface area contributed by atoms with E-state index < -0.39 is 0 Å². The van der Waals surface area contributed by atoms with Crippen LogP contribution >= 0.6 is 12.6 Å². The third kappa shape index (κ3) is 1.56. The van der Waals surface area contributed by atoms with Crippen LogP contribution in [0, 0.1) is 5.82 Å². The molecule has 1 unspecified atom stereocenters. The van der Waals surface area contributed by atoms with Crippen LogP contribution in [0.15, 0.2) is 23.1 Å². The highest BCUT2D eigenvalue weighted by Crippen LogP contribution is 2.28. The molecule has 0 saturated heterocycles. The molecule has 0 aliphatic carbocycles. The third-order valence-electron chi connectivity index (χ3n) is 2.04. The number of nitrogens with one attached hydrogen (secondary N) is 1. The van der Waals surface area contributed by atoms with Crippen LogP contribution in [0.2, 0.25) is 0 Å². The van der Waals surface area contributed by atoms with Crippen LogP contribution in [-0.2, 0) is 0 Å². The van der Waals surface area contributed by atoms with Gasteiger partial charge >= 0.3 is 0 Å². The average Bonchev–Trinajstić information content (AvgIpc) is 2.06. The Kier molecular flexibility index (Phi) is 2.04. The standard InChI is InChI=1S/C10H10FNS/c1-6-2-3-7-4-8(13)5-9(11)10(7)12-6/h2-6,12-13H,1H3. The zero-order chi connectivity index (χ0) is 9.42. The van der Waals surface area contributed by atoms with Crippen molar-refractivity contribution in [3.63, 3.8) is 0 Å². The maximum atomic E-state index is 13.4. The molecular weight excluding hydrogens is 185 g/mol. The van der Waals surface area contributed by atoms with E-state index in [0.29, 0.717) is 10.6 Å². The molecule has 0 spiro atoms. The topological polar surface area (TPSA) is 12.0 Å². The summed E-state index contributed by atoms with van der Waals surface area (Å²) >= 11 is 4.11. The Bertz CT molecular complexity index is 373. The Morgan fingerprint density at radius 1 is 1.46 bits per heavy atom. The SMILES string of the molecule is CC1C=Cc2cc(S)cc(F)c2N1. The number of benzene rings is 1. The predicted octanol–water partition coefficient (Wildman–Crippen LogP) is 2.94. The summed E-state index contributed by atoms with van der Waals surface area (Å²) in [5.41, 5.74) is 1.44. The molecular formula is C10H10FNS. The molecule has 0 fully saturated rings. The van der Waals surface area contributed by atoms with Crippen molar-refractivity contribution in [2.24, 2.45) is 0 Å². The normalized spacial score (nSPS) is 19.5. The first-order chi connectivity index (χ1) is 6.16. The van der Waals surface area contributed by atoms with Crippen molar-refractivity contribution in [2.75, 3.05) is 5.32 Å². The number of anilines is 1. The van der Waals surface area contributed by atoms with Gasteiger partial charge in [0.15, 0.2) is 0 Å². The second kappa shape index (κ2) is 3.07. The molecule has 0 amide bonds. The van der Waals surface area contributed by atoms with Crippen LogP contribution in [0.4, 0.5) is 10.1 Å². The smallest absolute Gasteiger partial charge is 0.148 e. The van der Waals surface area contributed by atoms with E-state index in [1.807, 2.05) is 25.1 Å². The van der Waals surface area contributed by atoms with E-state index in [0.717, 1.165) is 5.56 Å². The van der Waals surface area contributed by atoms with E-state index in [4.69, 9.17) is 0 Å². The highest BCUT2D eigenvalue weighted by atomic mass is 32.1. The Balaban J connectivity index is 2.56. The van der Waals surface area contributed by atoms with Gasteiger partial charge in [-0.3, -0.25) is 0 Å².